The number of aromatic nitrogens is 2. The standard InChI is InChI=1S/C32H40N4O4/c1-20(37)10-6-5-7-13-30(32(39)33-17-16-24-21(2)34-28-12-9-8-11-25(24)28)36-31(38)19-26-22(3)35-29-15-14-23(40-4)18-27(26)29/h8-9,11-12,14-15,18,30,34-35H,5-7,10,13,16-17,19H2,1-4H3,(H,33,39)(H,36,38)/t30-/m0/s1. The summed E-state index contributed by atoms with van der Waals surface area (Å²) in [7, 11) is 1.62. The first-order valence-electron chi connectivity index (χ1n) is 14.0. The second-order valence-corrected chi connectivity index (χ2v) is 10.6. The Kier molecular flexibility index (Phi) is 9.64. The number of benzene rings is 2. The maximum absolute atomic E-state index is 13.3. The van der Waals surface area contributed by atoms with Gasteiger partial charge in [-0.25, -0.2) is 0 Å². The van der Waals surface area contributed by atoms with Crippen molar-refractivity contribution in [3.05, 3.63) is 65.0 Å². The minimum atomic E-state index is -0.644. The van der Waals surface area contributed by atoms with E-state index >= 15 is 0 Å². The van der Waals surface area contributed by atoms with Gasteiger partial charge in [0.25, 0.3) is 0 Å². The number of aryl methyl sites for hydroxylation is 2. The molecule has 8 nitrogen and oxygen atoms in total. The summed E-state index contributed by atoms with van der Waals surface area (Å²) >= 11 is 0. The van der Waals surface area contributed by atoms with Gasteiger partial charge in [-0.15, -0.1) is 0 Å². The normalized spacial score (nSPS) is 12.0. The first kappa shape index (κ1) is 28.9. The summed E-state index contributed by atoms with van der Waals surface area (Å²) in [6.45, 7) is 6.05. The summed E-state index contributed by atoms with van der Waals surface area (Å²) in [4.78, 5) is 44.5. The first-order chi connectivity index (χ1) is 19.3. The number of nitrogens with one attached hydrogen (secondary N) is 4. The number of rotatable bonds is 14. The van der Waals surface area contributed by atoms with Crippen LogP contribution in [0.4, 0.5) is 0 Å². The van der Waals surface area contributed by atoms with Crippen molar-refractivity contribution in [3.63, 3.8) is 0 Å². The Bertz CT molecular complexity index is 1500. The Labute approximate surface area is 235 Å². The smallest absolute Gasteiger partial charge is 0.242 e. The highest BCUT2D eigenvalue weighted by molar-refractivity contribution is 5.93. The number of hydrogen-bond donors (Lipinski definition) is 4. The van der Waals surface area contributed by atoms with Crippen LogP contribution in [-0.2, 0) is 27.2 Å². The third kappa shape index (κ3) is 7.11. The lowest BCUT2D eigenvalue weighted by molar-refractivity contribution is -0.128. The van der Waals surface area contributed by atoms with Crippen LogP contribution in [0.25, 0.3) is 21.8 Å². The van der Waals surface area contributed by atoms with Crippen molar-refractivity contribution in [3.8, 4) is 5.75 Å². The second kappa shape index (κ2) is 13.3. The van der Waals surface area contributed by atoms with Crippen molar-refractivity contribution in [2.75, 3.05) is 13.7 Å². The van der Waals surface area contributed by atoms with Gasteiger partial charge in [0, 0.05) is 46.2 Å². The molecule has 4 rings (SSSR count). The molecule has 4 N–H and O–H groups in total. The van der Waals surface area contributed by atoms with Gasteiger partial charge in [-0.05, 0) is 75.4 Å². The summed E-state index contributed by atoms with van der Waals surface area (Å²) in [5.74, 6) is 0.500. The molecular formula is C32H40N4O4. The Hall–Kier alpha value is -4.07. The van der Waals surface area contributed by atoms with Crippen LogP contribution in [0.15, 0.2) is 42.5 Å². The molecule has 8 heteroatoms. The molecule has 2 amide bonds. The van der Waals surface area contributed by atoms with Crippen LogP contribution in [-0.4, -0.2) is 47.3 Å². The van der Waals surface area contributed by atoms with Crippen LogP contribution in [0, 0.1) is 13.8 Å². The fraction of sp³-hybridized carbons (Fsp3) is 0.406. The van der Waals surface area contributed by atoms with Crippen molar-refractivity contribution in [2.45, 2.75) is 71.8 Å². The van der Waals surface area contributed by atoms with Crippen LogP contribution in [0.1, 0.15) is 61.5 Å². The zero-order chi connectivity index (χ0) is 28.6. The number of H-pyrrole nitrogens is 2. The van der Waals surface area contributed by atoms with E-state index in [1.807, 2.05) is 50.2 Å². The molecule has 0 unspecified atom stereocenters. The van der Waals surface area contributed by atoms with Gasteiger partial charge in [0.1, 0.15) is 17.6 Å². The van der Waals surface area contributed by atoms with Crippen molar-refractivity contribution >= 4 is 39.4 Å². The zero-order valence-corrected chi connectivity index (χ0v) is 23.9. The lowest BCUT2D eigenvalue weighted by Crippen LogP contribution is -2.47. The minimum Gasteiger partial charge on any atom is -0.497 e. The number of Topliss-reactive ketones (excluding diaryl/α,β-unsaturated/α-hetero) is 1. The van der Waals surface area contributed by atoms with Gasteiger partial charge in [0.05, 0.1) is 13.5 Å². The molecule has 0 spiro atoms. The van der Waals surface area contributed by atoms with Gasteiger partial charge in [0.2, 0.25) is 11.8 Å². The highest BCUT2D eigenvalue weighted by Gasteiger charge is 2.22. The number of methoxy groups -OCH3 is 1. The molecule has 0 aliphatic heterocycles. The summed E-state index contributed by atoms with van der Waals surface area (Å²) in [5, 5.41) is 8.14. The highest BCUT2D eigenvalue weighted by atomic mass is 16.5. The molecule has 2 heterocycles. The third-order valence-corrected chi connectivity index (χ3v) is 7.54. The fourth-order valence-electron chi connectivity index (χ4n) is 5.38. The lowest BCUT2D eigenvalue weighted by Gasteiger charge is -2.19. The maximum atomic E-state index is 13.3. The van der Waals surface area contributed by atoms with E-state index in [0.29, 0.717) is 25.8 Å². The Morgan fingerprint density at radius 3 is 2.38 bits per heavy atom. The number of aromatic amines is 2. The third-order valence-electron chi connectivity index (χ3n) is 7.54. The van der Waals surface area contributed by atoms with E-state index in [1.165, 1.54) is 5.56 Å². The van der Waals surface area contributed by atoms with Gasteiger partial charge >= 0.3 is 0 Å². The van der Waals surface area contributed by atoms with Crippen LogP contribution in [0.3, 0.4) is 0 Å². The number of ether oxygens (including phenoxy) is 1. The Morgan fingerprint density at radius 1 is 0.900 bits per heavy atom. The second-order valence-electron chi connectivity index (χ2n) is 10.6. The Morgan fingerprint density at radius 2 is 1.62 bits per heavy atom. The van der Waals surface area contributed by atoms with Crippen molar-refractivity contribution in [2.24, 2.45) is 0 Å². The molecule has 0 saturated carbocycles. The monoisotopic (exact) mass is 544 g/mol. The van der Waals surface area contributed by atoms with E-state index in [1.54, 1.807) is 14.0 Å². The number of hydrogen-bond acceptors (Lipinski definition) is 4. The molecule has 212 valence electrons. The molecule has 0 aliphatic carbocycles. The fourth-order valence-corrected chi connectivity index (χ4v) is 5.38. The number of ketones is 1. The maximum Gasteiger partial charge on any atom is 0.242 e. The molecular weight excluding hydrogens is 504 g/mol. The molecule has 0 radical (unpaired) electrons. The van der Waals surface area contributed by atoms with Crippen LogP contribution < -0.4 is 15.4 Å². The summed E-state index contributed by atoms with van der Waals surface area (Å²) in [6, 6.07) is 13.3. The van der Waals surface area contributed by atoms with E-state index in [9.17, 15) is 14.4 Å². The van der Waals surface area contributed by atoms with Crippen molar-refractivity contribution in [1.82, 2.24) is 20.6 Å². The predicted molar refractivity (Wildman–Crippen MR) is 159 cm³/mol. The molecule has 0 saturated heterocycles. The molecule has 40 heavy (non-hydrogen) atoms. The number of unbranched alkanes of at least 4 members (excludes halogenated alkanes) is 2. The van der Waals surface area contributed by atoms with Gasteiger partial charge < -0.3 is 30.1 Å². The van der Waals surface area contributed by atoms with Crippen molar-refractivity contribution < 1.29 is 19.1 Å². The molecule has 2 aromatic carbocycles. The van der Waals surface area contributed by atoms with Gasteiger partial charge in [-0.2, -0.15) is 0 Å². The van der Waals surface area contributed by atoms with Gasteiger partial charge in [-0.3, -0.25) is 9.59 Å². The summed E-state index contributed by atoms with van der Waals surface area (Å²) < 4.78 is 5.37. The average Bonchev–Trinajstić information content (AvgIpc) is 3.41. The lowest BCUT2D eigenvalue weighted by atomic mass is 10.0. The summed E-state index contributed by atoms with van der Waals surface area (Å²) in [6.07, 6.45) is 4.26. The minimum absolute atomic E-state index is 0.154. The SMILES string of the molecule is COc1ccc2[nH]c(C)c(CC(=O)N[C@@H](CCCCCC(C)=O)C(=O)NCCc3c(C)[nH]c4ccccc34)c2c1. The molecule has 1 atom stereocenters. The van der Waals surface area contributed by atoms with Crippen LogP contribution in [0.2, 0.25) is 0 Å². The largest absolute Gasteiger partial charge is 0.497 e. The van der Waals surface area contributed by atoms with Gasteiger partial charge in [-0.1, -0.05) is 31.0 Å². The number of carbonyl (C=O) groups is 3. The topological polar surface area (TPSA) is 116 Å². The van der Waals surface area contributed by atoms with E-state index in [4.69, 9.17) is 4.74 Å². The average molecular weight is 545 g/mol. The molecule has 4 aromatic rings. The number of para-hydroxylation sites is 1. The molecule has 0 fully saturated rings. The van der Waals surface area contributed by atoms with Crippen LogP contribution >= 0.6 is 0 Å². The summed E-state index contributed by atoms with van der Waals surface area (Å²) in [5.41, 5.74) is 6.11. The number of carbonyl (C=O) groups excluding carboxylic acids is 3. The van der Waals surface area contributed by atoms with E-state index < -0.39 is 6.04 Å². The molecule has 0 bridgehead atoms. The molecule has 0 aliphatic rings. The molecule has 2 aromatic heterocycles. The van der Waals surface area contributed by atoms with E-state index in [0.717, 1.165) is 63.8 Å². The van der Waals surface area contributed by atoms with Crippen LogP contribution in [0.5, 0.6) is 5.75 Å². The zero-order valence-electron chi connectivity index (χ0n) is 23.9. The predicted octanol–water partition coefficient (Wildman–Crippen LogP) is 5.20. The van der Waals surface area contributed by atoms with Gasteiger partial charge in [0.15, 0.2) is 0 Å². The number of fused-ring (bicyclic) bond motifs is 2. The quantitative estimate of drug-likeness (QED) is 0.163. The highest BCUT2D eigenvalue weighted by Crippen LogP contribution is 2.27. The first-order valence-corrected chi connectivity index (χ1v) is 14.0. The van der Waals surface area contributed by atoms with Crippen molar-refractivity contribution in [1.29, 1.82) is 0 Å². The number of amides is 2. The Balaban J connectivity index is 1.41. The van der Waals surface area contributed by atoms with E-state index in [-0.39, 0.29) is 24.0 Å². The van der Waals surface area contributed by atoms with E-state index in [2.05, 4.69) is 26.7 Å².